The molecule has 1 aromatic heterocycles. The average molecular weight is 395 g/mol. The number of nitrogens with one attached hydrogen (secondary N) is 1. The molecular weight excluding hydrogens is 374 g/mol. The highest BCUT2D eigenvalue weighted by molar-refractivity contribution is 6.01. The molecule has 29 heavy (non-hydrogen) atoms. The van der Waals surface area contributed by atoms with Gasteiger partial charge in [-0.15, -0.1) is 0 Å². The van der Waals surface area contributed by atoms with E-state index in [9.17, 15) is 20.2 Å². The van der Waals surface area contributed by atoms with Crippen LogP contribution in [0, 0.1) is 21.4 Å². The Bertz CT molecular complexity index is 980. The summed E-state index contributed by atoms with van der Waals surface area (Å²) in [5.41, 5.74) is 0.257. The smallest absolute Gasteiger partial charge is 0.270 e. The first-order valence-electron chi connectivity index (χ1n) is 9.37. The maximum Gasteiger partial charge on any atom is 0.270 e. The number of furan rings is 1. The van der Waals surface area contributed by atoms with Crippen molar-refractivity contribution in [3.8, 4) is 23.1 Å². The molecule has 1 aliphatic rings. The maximum atomic E-state index is 12.4. The number of nitro groups is 1. The quantitative estimate of drug-likeness (QED) is 0.338. The van der Waals surface area contributed by atoms with Crippen molar-refractivity contribution in [2.75, 3.05) is 7.11 Å². The van der Waals surface area contributed by atoms with Crippen molar-refractivity contribution < 1.29 is 18.9 Å². The molecule has 1 aromatic carbocycles. The van der Waals surface area contributed by atoms with Crippen LogP contribution in [0.4, 0.5) is 5.69 Å². The molecule has 3 rings (SSSR count). The molecule has 2 aromatic rings. The van der Waals surface area contributed by atoms with E-state index in [1.54, 1.807) is 12.1 Å². The second-order valence-corrected chi connectivity index (χ2v) is 6.82. The Balaban J connectivity index is 1.83. The molecule has 0 bridgehead atoms. The monoisotopic (exact) mass is 395 g/mol. The summed E-state index contributed by atoms with van der Waals surface area (Å²) in [6, 6.07) is 9.40. The summed E-state index contributed by atoms with van der Waals surface area (Å²) in [6.07, 6.45) is 6.52. The topological polar surface area (TPSA) is 118 Å². The zero-order chi connectivity index (χ0) is 20.8. The molecule has 0 radical (unpaired) electrons. The lowest BCUT2D eigenvalue weighted by Crippen LogP contribution is -2.36. The Kier molecular flexibility index (Phi) is 6.29. The number of amides is 1. The van der Waals surface area contributed by atoms with E-state index in [0.717, 1.165) is 25.7 Å². The van der Waals surface area contributed by atoms with Crippen LogP contribution in [0.2, 0.25) is 0 Å². The second kappa shape index (κ2) is 9.06. The first-order chi connectivity index (χ1) is 14.0. The number of carbonyl (C=O) groups excluding carboxylic acids is 1. The number of methoxy groups -OCH3 is 1. The number of ether oxygens (including phenoxy) is 1. The van der Waals surface area contributed by atoms with Crippen LogP contribution in [-0.2, 0) is 4.79 Å². The fourth-order valence-electron chi connectivity index (χ4n) is 3.38. The van der Waals surface area contributed by atoms with Crippen LogP contribution >= 0.6 is 0 Å². The van der Waals surface area contributed by atoms with Gasteiger partial charge in [0, 0.05) is 24.3 Å². The molecule has 1 heterocycles. The van der Waals surface area contributed by atoms with Gasteiger partial charge in [0.15, 0.2) is 0 Å². The number of carbonyl (C=O) groups is 1. The van der Waals surface area contributed by atoms with E-state index in [1.807, 2.05) is 6.07 Å². The molecule has 1 N–H and O–H groups in total. The first-order valence-corrected chi connectivity index (χ1v) is 9.37. The highest BCUT2D eigenvalue weighted by atomic mass is 16.6. The van der Waals surface area contributed by atoms with Gasteiger partial charge in [0.1, 0.15) is 28.9 Å². The third-order valence-electron chi connectivity index (χ3n) is 4.88. The molecule has 1 aliphatic carbocycles. The number of nitriles is 1. The van der Waals surface area contributed by atoms with Gasteiger partial charge in [0.05, 0.1) is 17.6 Å². The number of rotatable bonds is 6. The van der Waals surface area contributed by atoms with Crippen LogP contribution in [-0.4, -0.2) is 24.0 Å². The van der Waals surface area contributed by atoms with Gasteiger partial charge in [0.2, 0.25) is 0 Å². The van der Waals surface area contributed by atoms with Crippen molar-refractivity contribution >= 4 is 17.7 Å². The minimum absolute atomic E-state index is 0.0533. The van der Waals surface area contributed by atoms with Crippen molar-refractivity contribution in [2.45, 2.75) is 38.1 Å². The van der Waals surface area contributed by atoms with E-state index in [-0.39, 0.29) is 17.3 Å². The molecule has 0 unspecified atom stereocenters. The number of nitrogens with zero attached hydrogens (tertiary/aromatic N) is 2. The number of nitro benzene ring substituents is 1. The third kappa shape index (κ3) is 4.82. The summed E-state index contributed by atoms with van der Waals surface area (Å²) in [7, 11) is 1.46. The summed E-state index contributed by atoms with van der Waals surface area (Å²) in [6.45, 7) is 0. The molecule has 0 spiro atoms. The standard InChI is InChI=1S/C21H21N3O5/c1-28-19-9-7-16(24(26)27)12-18(19)20-10-8-17(29-20)11-14(13-22)21(25)23-15-5-3-2-4-6-15/h7-12,15H,2-6H2,1H3,(H,23,25). The molecule has 8 nitrogen and oxygen atoms in total. The van der Waals surface area contributed by atoms with Gasteiger partial charge >= 0.3 is 0 Å². The minimum Gasteiger partial charge on any atom is -0.496 e. The minimum atomic E-state index is -0.504. The van der Waals surface area contributed by atoms with Gasteiger partial charge in [-0.3, -0.25) is 14.9 Å². The Morgan fingerprint density at radius 1 is 1.31 bits per heavy atom. The van der Waals surface area contributed by atoms with Crippen molar-refractivity contribution in [2.24, 2.45) is 0 Å². The summed E-state index contributed by atoms with van der Waals surface area (Å²) < 4.78 is 11.0. The molecule has 8 heteroatoms. The van der Waals surface area contributed by atoms with E-state index < -0.39 is 10.8 Å². The van der Waals surface area contributed by atoms with Crippen molar-refractivity contribution in [1.29, 1.82) is 5.26 Å². The van der Waals surface area contributed by atoms with Crippen LogP contribution in [0.25, 0.3) is 17.4 Å². The van der Waals surface area contributed by atoms with E-state index in [1.165, 1.54) is 37.8 Å². The number of non-ortho nitro benzene ring substituents is 1. The van der Waals surface area contributed by atoms with Gasteiger partial charge in [0.25, 0.3) is 11.6 Å². The maximum absolute atomic E-state index is 12.4. The van der Waals surface area contributed by atoms with Gasteiger partial charge in [-0.2, -0.15) is 5.26 Å². The van der Waals surface area contributed by atoms with Crippen molar-refractivity contribution in [1.82, 2.24) is 5.32 Å². The normalized spacial score (nSPS) is 14.8. The molecule has 150 valence electrons. The molecule has 0 saturated heterocycles. The van der Waals surface area contributed by atoms with Crippen LogP contribution in [0.15, 0.2) is 40.3 Å². The predicted octanol–water partition coefficient (Wildman–Crippen LogP) is 4.22. The van der Waals surface area contributed by atoms with Gasteiger partial charge in [-0.25, -0.2) is 0 Å². The fraction of sp³-hybridized carbons (Fsp3) is 0.333. The summed E-state index contributed by atoms with van der Waals surface area (Å²) >= 11 is 0. The zero-order valence-electron chi connectivity index (χ0n) is 16.0. The largest absolute Gasteiger partial charge is 0.496 e. The predicted molar refractivity (Wildman–Crippen MR) is 106 cm³/mol. The Labute approximate surface area is 167 Å². The second-order valence-electron chi connectivity index (χ2n) is 6.82. The average Bonchev–Trinajstić information content (AvgIpc) is 3.20. The summed E-state index contributed by atoms with van der Waals surface area (Å²) in [5.74, 6) is 0.618. The van der Waals surface area contributed by atoms with Crippen LogP contribution in [0.5, 0.6) is 5.75 Å². The summed E-state index contributed by atoms with van der Waals surface area (Å²) in [4.78, 5) is 23.0. The SMILES string of the molecule is COc1ccc([N+](=O)[O-])cc1-c1ccc(C=C(C#N)C(=O)NC2CCCCC2)o1. The number of benzene rings is 1. The highest BCUT2D eigenvalue weighted by Gasteiger charge is 2.19. The lowest BCUT2D eigenvalue weighted by molar-refractivity contribution is -0.384. The van der Waals surface area contributed by atoms with Crippen LogP contribution in [0.1, 0.15) is 37.9 Å². The lowest BCUT2D eigenvalue weighted by atomic mass is 9.95. The van der Waals surface area contributed by atoms with Gasteiger partial charge in [-0.1, -0.05) is 19.3 Å². The highest BCUT2D eigenvalue weighted by Crippen LogP contribution is 2.34. The van der Waals surface area contributed by atoms with E-state index in [2.05, 4.69) is 5.32 Å². The molecule has 1 saturated carbocycles. The molecule has 1 fully saturated rings. The van der Waals surface area contributed by atoms with Crippen molar-refractivity contribution in [3.05, 3.63) is 51.8 Å². The van der Waals surface area contributed by atoms with Gasteiger partial charge < -0.3 is 14.5 Å². The first kappa shape index (κ1) is 20.1. The molecule has 0 aliphatic heterocycles. The number of hydrogen-bond acceptors (Lipinski definition) is 6. The van der Waals surface area contributed by atoms with E-state index in [0.29, 0.717) is 22.8 Å². The fourth-order valence-corrected chi connectivity index (χ4v) is 3.38. The molecular formula is C21H21N3O5. The molecule has 1 amide bonds. The van der Waals surface area contributed by atoms with Gasteiger partial charge in [-0.05, 0) is 31.0 Å². The lowest BCUT2D eigenvalue weighted by Gasteiger charge is -2.22. The Morgan fingerprint density at radius 2 is 2.07 bits per heavy atom. The molecule has 0 atom stereocenters. The van der Waals surface area contributed by atoms with E-state index in [4.69, 9.17) is 9.15 Å². The van der Waals surface area contributed by atoms with Crippen LogP contribution < -0.4 is 10.1 Å². The van der Waals surface area contributed by atoms with Crippen molar-refractivity contribution in [3.63, 3.8) is 0 Å². The summed E-state index contributed by atoms with van der Waals surface area (Å²) in [5, 5.41) is 23.3. The third-order valence-corrected chi connectivity index (χ3v) is 4.88. The van der Waals surface area contributed by atoms with Crippen LogP contribution in [0.3, 0.4) is 0 Å². The Hall–Kier alpha value is -3.60. The van der Waals surface area contributed by atoms with E-state index >= 15 is 0 Å². The number of hydrogen-bond donors (Lipinski definition) is 1. The Morgan fingerprint density at radius 3 is 2.72 bits per heavy atom. The zero-order valence-corrected chi connectivity index (χ0v) is 16.0.